The van der Waals surface area contributed by atoms with Crippen molar-refractivity contribution in [3.63, 3.8) is 0 Å². The summed E-state index contributed by atoms with van der Waals surface area (Å²) in [7, 11) is 0.652. The quantitative estimate of drug-likeness (QED) is 0.480. The Labute approximate surface area is 175 Å². The molecule has 1 amide bonds. The van der Waals surface area contributed by atoms with Crippen molar-refractivity contribution in [2.75, 3.05) is 21.3 Å². The highest BCUT2D eigenvalue weighted by atomic mass is 31.2. The number of hydrogen-bond donors (Lipinski definition) is 1. The van der Waals surface area contributed by atoms with Gasteiger partial charge >= 0.3 is 13.6 Å². The number of ether oxygens (including phenoxy) is 1. The maximum Gasteiger partial charge on any atom is 0.334 e. The molecule has 0 radical (unpaired) electrons. The first-order valence-electron chi connectivity index (χ1n) is 9.01. The minimum absolute atomic E-state index is 0.0713. The highest BCUT2D eigenvalue weighted by Gasteiger charge is 2.24. The number of nitrogens with zero attached hydrogens (tertiary/aromatic N) is 1. The van der Waals surface area contributed by atoms with E-state index in [-0.39, 0.29) is 12.6 Å². The zero-order chi connectivity index (χ0) is 22.1. The van der Waals surface area contributed by atoms with Crippen LogP contribution in [0.2, 0.25) is 0 Å². The Morgan fingerprint density at radius 2 is 1.73 bits per heavy atom. The van der Waals surface area contributed by atoms with Crippen LogP contribution in [0.15, 0.2) is 48.5 Å². The van der Waals surface area contributed by atoms with E-state index < -0.39 is 25.5 Å². The highest BCUT2D eigenvalue weighted by molar-refractivity contribution is 7.52. The van der Waals surface area contributed by atoms with Crippen LogP contribution in [-0.4, -0.2) is 39.2 Å². The standard InChI is InChI=1S/C21H23N2O6P/c1-27-21(25)19(12-16-5-4-6-17(11-16)13-22)23-20(24)18-9-7-15(8-10-18)14-30(26,28-2)29-3/h4-11,19H,12,14H2,1-3H3,(H,23,24)/t19-/m1/s1. The second kappa shape index (κ2) is 10.7. The number of nitrogens with one attached hydrogen (secondary N) is 1. The van der Waals surface area contributed by atoms with Crippen LogP contribution in [0.1, 0.15) is 27.0 Å². The van der Waals surface area contributed by atoms with E-state index in [0.717, 1.165) is 5.56 Å². The van der Waals surface area contributed by atoms with Gasteiger partial charge in [0.25, 0.3) is 5.91 Å². The van der Waals surface area contributed by atoms with Crippen LogP contribution in [0, 0.1) is 11.3 Å². The third-order valence-electron chi connectivity index (χ3n) is 4.44. The topological polar surface area (TPSA) is 115 Å². The van der Waals surface area contributed by atoms with Crippen LogP contribution in [0.25, 0.3) is 0 Å². The van der Waals surface area contributed by atoms with Crippen molar-refractivity contribution >= 4 is 19.5 Å². The predicted molar refractivity (Wildman–Crippen MR) is 110 cm³/mol. The SMILES string of the molecule is COC(=O)[C@@H](Cc1cccc(C#N)c1)NC(=O)c1ccc(CP(=O)(OC)OC)cc1. The van der Waals surface area contributed by atoms with Crippen molar-refractivity contribution in [3.05, 3.63) is 70.8 Å². The van der Waals surface area contributed by atoms with E-state index in [0.29, 0.717) is 16.7 Å². The zero-order valence-electron chi connectivity index (χ0n) is 17.0. The Hall–Kier alpha value is -2.98. The molecule has 0 aliphatic heterocycles. The van der Waals surface area contributed by atoms with Crippen LogP contribution in [0.4, 0.5) is 0 Å². The third kappa shape index (κ3) is 6.26. The maximum absolute atomic E-state index is 12.6. The number of esters is 1. The van der Waals surface area contributed by atoms with Gasteiger partial charge in [0.1, 0.15) is 6.04 Å². The molecule has 0 bridgehead atoms. The lowest BCUT2D eigenvalue weighted by molar-refractivity contribution is -0.142. The molecule has 0 saturated carbocycles. The molecule has 30 heavy (non-hydrogen) atoms. The molecular formula is C21H23N2O6P. The van der Waals surface area contributed by atoms with E-state index in [9.17, 15) is 14.2 Å². The van der Waals surface area contributed by atoms with Crippen LogP contribution in [-0.2, 0) is 35.7 Å². The van der Waals surface area contributed by atoms with Crippen LogP contribution in [0.3, 0.4) is 0 Å². The van der Waals surface area contributed by atoms with Crippen LogP contribution >= 0.6 is 7.60 Å². The molecule has 0 aliphatic rings. The monoisotopic (exact) mass is 430 g/mol. The van der Waals surface area contributed by atoms with E-state index in [1.165, 1.54) is 21.3 Å². The molecule has 2 rings (SSSR count). The van der Waals surface area contributed by atoms with E-state index in [2.05, 4.69) is 5.32 Å². The molecule has 0 unspecified atom stereocenters. The Bertz CT molecular complexity index is 976. The summed E-state index contributed by atoms with van der Waals surface area (Å²) in [5.41, 5.74) is 2.18. The number of benzene rings is 2. The summed E-state index contributed by atoms with van der Waals surface area (Å²) >= 11 is 0. The Morgan fingerprint density at radius 1 is 1.07 bits per heavy atom. The number of carbonyl (C=O) groups is 2. The molecule has 0 heterocycles. The lowest BCUT2D eigenvalue weighted by atomic mass is 10.0. The minimum atomic E-state index is -3.21. The molecule has 0 aliphatic carbocycles. The van der Waals surface area contributed by atoms with Crippen LogP contribution in [0.5, 0.6) is 0 Å². The Balaban J connectivity index is 2.12. The maximum atomic E-state index is 12.6. The second-order valence-corrected chi connectivity index (χ2v) is 8.66. The van der Waals surface area contributed by atoms with E-state index in [4.69, 9.17) is 19.0 Å². The largest absolute Gasteiger partial charge is 0.467 e. The smallest absolute Gasteiger partial charge is 0.334 e. The van der Waals surface area contributed by atoms with Crippen molar-refractivity contribution in [2.24, 2.45) is 0 Å². The van der Waals surface area contributed by atoms with Gasteiger partial charge in [-0.1, -0.05) is 24.3 Å². The Morgan fingerprint density at radius 3 is 2.30 bits per heavy atom. The molecule has 0 fully saturated rings. The van der Waals surface area contributed by atoms with Crippen molar-refractivity contribution in [1.29, 1.82) is 5.26 Å². The van der Waals surface area contributed by atoms with Gasteiger partial charge in [-0.2, -0.15) is 5.26 Å². The summed E-state index contributed by atoms with van der Waals surface area (Å²) in [6.45, 7) is 0. The van der Waals surface area contributed by atoms with Gasteiger partial charge in [-0.25, -0.2) is 4.79 Å². The Kier molecular flexibility index (Phi) is 8.31. The summed E-state index contributed by atoms with van der Waals surface area (Å²) in [4.78, 5) is 24.8. The molecule has 8 nitrogen and oxygen atoms in total. The van der Waals surface area contributed by atoms with Gasteiger partial charge in [0.15, 0.2) is 0 Å². The average Bonchev–Trinajstić information content (AvgIpc) is 2.78. The molecule has 2 aromatic carbocycles. The summed E-state index contributed by atoms with van der Waals surface area (Å²) < 4.78 is 26.8. The molecule has 0 aromatic heterocycles. The average molecular weight is 430 g/mol. The number of carbonyl (C=O) groups excluding carboxylic acids is 2. The first-order chi connectivity index (χ1) is 14.3. The normalized spacial score (nSPS) is 11.9. The predicted octanol–water partition coefficient (Wildman–Crippen LogP) is 3.06. The van der Waals surface area contributed by atoms with Crippen molar-refractivity contribution in [2.45, 2.75) is 18.6 Å². The molecular weight excluding hydrogens is 407 g/mol. The van der Waals surface area contributed by atoms with Crippen molar-refractivity contribution in [1.82, 2.24) is 5.32 Å². The summed E-state index contributed by atoms with van der Waals surface area (Å²) in [6.07, 6.45) is 0.249. The molecule has 9 heteroatoms. The van der Waals surface area contributed by atoms with Gasteiger partial charge in [0.05, 0.1) is 24.9 Å². The first kappa shape index (κ1) is 23.3. The number of hydrogen-bond acceptors (Lipinski definition) is 7. The van der Waals surface area contributed by atoms with E-state index >= 15 is 0 Å². The number of nitriles is 1. The van der Waals surface area contributed by atoms with Gasteiger partial charge in [0, 0.05) is 26.2 Å². The summed E-state index contributed by atoms with van der Waals surface area (Å²) in [5.74, 6) is -1.06. The van der Waals surface area contributed by atoms with E-state index in [1.54, 1.807) is 48.5 Å². The van der Waals surface area contributed by atoms with Crippen LogP contribution < -0.4 is 5.32 Å². The van der Waals surface area contributed by atoms with Gasteiger partial charge in [0.2, 0.25) is 0 Å². The molecule has 2 aromatic rings. The fraction of sp³-hybridized carbons (Fsp3) is 0.286. The van der Waals surface area contributed by atoms with Gasteiger partial charge in [-0.15, -0.1) is 0 Å². The number of methoxy groups -OCH3 is 1. The number of rotatable bonds is 9. The lowest BCUT2D eigenvalue weighted by Crippen LogP contribution is -2.43. The third-order valence-corrected chi connectivity index (χ3v) is 6.30. The molecule has 1 N–H and O–H groups in total. The molecule has 0 spiro atoms. The first-order valence-corrected chi connectivity index (χ1v) is 10.7. The van der Waals surface area contributed by atoms with Gasteiger partial charge in [-0.3, -0.25) is 9.36 Å². The number of amides is 1. The zero-order valence-corrected chi connectivity index (χ0v) is 17.8. The highest BCUT2D eigenvalue weighted by Crippen LogP contribution is 2.49. The van der Waals surface area contributed by atoms with Crippen molar-refractivity contribution < 1.29 is 27.9 Å². The second-order valence-electron chi connectivity index (χ2n) is 6.40. The van der Waals surface area contributed by atoms with Gasteiger partial charge in [-0.05, 0) is 35.4 Å². The van der Waals surface area contributed by atoms with E-state index in [1.807, 2.05) is 6.07 Å². The fourth-order valence-corrected chi connectivity index (χ4v) is 3.83. The minimum Gasteiger partial charge on any atom is -0.467 e. The molecule has 158 valence electrons. The molecule has 1 atom stereocenters. The van der Waals surface area contributed by atoms with Gasteiger partial charge < -0.3 is 19.1 Å². The lowest BCUT2D eigenvalue weighted by Gasteiger charge is -2.17. The summed E-state index contributed by atoms with van der Waals surface area (Å²) in [5, 5.41) is 11.7. The van der Waals surface area contributed by atoms with Crippen molar-refractivity contribution in [3.8, 4) is 6.07 Å². The molecule has 0 saturated heterocycles. The summed E-state index contributed by atoms with van der Waals surface area (Å²) in [6, 6.07) is 14.3. The fourth-order valence-electron chi connectivity index (χ4n) is 2.77.